The van der Waals surface area contributed by atoms with Crippen LogP contribution in [0.5, 0.6) is 0 Å². The SMILES string of the molecule is [CH]=CCCCc1ccc(Cl)cc1. The number of unbranched alkanes of at least 4 members (excludes halogenated alkanes) is 1. The molecule has 1 aromatic carbocycles. The number of benzene rings is 1. The van der Waals surface area contributed by atoms with Gasteiger partial charge in [-0.2, -0.15) is 0 Å². The Hall–Kier alpha value is -0.750. The molecule has 0 aliphatic rings. The summed E-state index contributed by atoms with van der Waals surface area (Å²) in [4.78, 5) is 0. The third-order valence-corrected chi connectivity index (χ3v) is 2.00. The van der Waals surface area contributed by atoms with Crippen molar-refractivity contribution in [1.82, 2.24) is 0 Å². The molecule has 0 aliphatic heterocycles. The summed E-state index contributed by atoms with van der Waals surface area (Å²) in [7, 11) is 0. The standard InChI is InChI=1S/C11H12Cl/c1-2-3-4-5-10-6-8-11(12)9-7-10/h1-2,6-9H,3-5H2. The highest BCUT2D eigenvalue weighted by molar-refractivity contribution is 6.30. The van der Waals surface area contributed by atoms with Crippen LogP contribution in [-0.2, 0) is 6.42 Å². The van der Waals surface area contributed by atoms with Gasteiger partial charge in [-0.1, -0.05) is 36.4 Å². The number of aryl methyl sites for hydroxylation is 1. The van der Waals surface area contributed by atoms with Crippen molar-refractivity contribution in [3.63, 3.8) is 0 Å². The fraction of sp³-hybridized carbons (Fsp3) is 0.273. The van der Waals surface area contributed by atoms with Crippen molar-refractivity contribution in [1.29, 1.82) is 0 Å². The summed E-state index contributed by atoms with van der Waals surface area (Å²) in [5, 5.41) is 0.795. The fourth-order valence-electron chi connectivity index (χ4n) is 1.08. The highest BCUT2D eigenvalue weighted by Gasteiger charge is 1.91. The van der Waals surface area contributed by atoms with Crippen LogP contribution in [0.4, 0.5) is 0 Å². The molecule has 0 spiro atoms. The number of hydrogen-bond acceptors (Lipinski definition) is 0. The zero-order valence-corrected chi connectivity index (χ0v) is 7.72. The normalized spacial score (nSPS) is 9.75. The average molecular weight is 180 g/mol. The number of rotatable bonds is 4. The monoisotopic (exact) mass is 179 g/mol. The van der Waals surface area contributed by atoms with Gasteiger partial charge in [0.15, 0.2) is 0 Å². The molecule has 12 heavy (non-hydrogen) atoms. The Morgan fingerprint density at radius 2 is 1.92 bits per heavy atom. The summed E-state index contributed by atoms with van der Waals surface area (Å²) in [6.45, 7) is 5.27. The Balaban J connectivity index is 2.42. The highest BCUT2D eigenvalue weighted by Crippen LogP contribution is 2.11. The van der Waals surface area contributed by atoms with Crippen LogP contribution in [0.1, 0.15) is 18.4 Å². The lowest BCUT2D eigenvalue weighted by Crippen LogP contribution is -1.83. The lowest BCUT2D eigenvalue weighted by molar-refractivity contribution is 0.843. The van der Waals surface area contributed by atoms with E-state index in [9.17, 15) is 0 Å². The third-order valence-electron chi connectivity index (χ3n) is 1.75. The summed E-state index contributed by atoms with van der Waals surface area (Å²) >= 11 is 5.75. The van der Waals surface area contributed by atoms with Crippen molar-refractivity contribution < 1.29 is 0 Å². The van der Waals surface area contributed by atoms with Gasteiger partial charge in [-0.05, 0) is 37.0 Å². The van der Waals surface area contributed by atoms with Crippen LogP contribution >= 0.6 is 11.6 Å². The molecule has 0 nitrogen and oxygen atoms in total. The van der Waals surface area contributed by atoms with E-state index in [1.165, 1.54) is 5.56 Å². The summed E-state index contributed by atoms with van der Waals surface area (Å²) in [5.74, 6) is 0. The summed E-state index contributed by atoms with van der Waals surface area (Å²) < 4.78 is 0. The maximum atomic E-state index is 5.75. The number of hydrogen-bond donors (Lipinski definition) is 0. The second kappa shape index (κ2) is 5.00. The van der Waals surface area contributed by atoms with Crippen molar-refractivity contribution in [3.8, 4) is 0 Å². The van der Waals surface area contributed by atoms with E-state index in [0.29, 0.717) is 0 Å². The van der Waals surface area contributed by atoms with E-state index >= 15 is 0 Å². The molecule has 0 fully saturated rings. The predicted octanol–water partition coefficient (Wildman–Crippen LogP) is 3.65. The molecule has 0 aromatic heterocycles. The minimum absolute atomic E-state index is 0.795. The van der Waals surface area contributed by atoms with Crippen LogP contribution in [-0.4, -0.2) is 0 Å². The first-order valence-corrected chi connectivity index (χ1v) is 4.48. The van der Waals surface area contributed by atoms with Gasteiger partial charge < -0.3 is 0 Å². The molecule has 0 unspecified atom stereocenters. The van der Waals surface area contributed by atoms with E-state index in [0.717, 1.165) is 24.3 Å². The van der Waals surface area contributed by atoms with Gasteiger partial charge in [-0.3, -0.25) is 0 Å². The molecule has 0 heterocycles. The molecule has 63 valence electrons. The highest BCUT2D eigenvalue weighted by atomic mass is 35.5. The van der Waals surface area contributed by atoms with Gasteiger partial charge in [0, 0.05) is 5.02 Å². The van der Waals surface area contributed by atoms with E-state index in [-0.39, 0.29) is 0 Å². The summed E-state index contributed by atoms with van der Waals surface area (Å²) in [6, 6.07) is 7.95. The summed E-state index contributed by atoms with van der Waals surface area (Å²) in [5.41, 5.74) is 1.32. The summed E-state index contributed by atoms with van der Waals surface area (Å²) in [6.07, 6.45) is 4.86. The molecular formula is C11H12Cl. The zero-order chi connectivity index (χ0) is 8.81. The Labute approximate surface area is 78.9 Å². The van der Waals surface area contributed by atoms with E-state index < -0.39 is 0 Å². The Morgan fingerprint density at radius 1 is 1.25 bits per heavy atom. The lowest BCUT2D eigenvalue weighted by Gasteiger charge is -1.98. The number of allylic oxidation sites excluding steroid dienone is 1. The lowest BCUT2D eigenvalue weighted by atomic mass is 10.1. The van der Waals surface area contributed by atoms with Crippen LogP contribution in [0.3, 0.4) is 0 Å². The molecule has 0 bridgehead atoms. The minimum Gasteiger partial charge on any atom is -0.0845 e. The molecule has 0 N–H and O–H groups in total. The Morgan fingerprint density at radius 3 is 2.50 bits per heavy atom. The zero-order valence-electron chi connectivity index (χ0n) is 6.96. The first-order valence-electron chi connectivity index (χ1n) is 4.11. The van der Waals surface area contributed by atoms with Gasteiger partial charge in [0.2, 0.25) is 0 Å². The van der Waals surface area contributed by atoms with Crippen molar-refractivity contribution in [2.45, 2.75) is 19.3 Å². The average Bonchev–Trinajstić information content (AvgIpc) is 2.09. The van der Waals surface area contributed by atoms with E-state index in [4.69, 9.17) is 18.2 Å². The smallest absolute Gasteiger partial charge is 0.0406 e. The third kappa shape index (κ3) is 3.10. The van der Waals surface area contributed by atoms with Crippen molar-refractivity contribution >= 4 is 11.6 Å². The van der Waals surface area contributed by atoms with Crippen LogP contribution in [0.25, 0.3) is 0 Å². The van der Waals surface area contributed by atoms with Crippen LogP contribution in [0.15, 0.2) is 30.3 Å². The maximum Gasteiger partial charge on any atom is 0.0406 e. The molecular weight excluding hydrogens is 168 g/mol. The van der Waals surface area contributed by atoms with Gasteiger partial charge in [0.25, 0.3) is 0 Å². The van der Waals surface area contributed by atoms with Crippen LogP contribution < -0.4 is 0 Å². The second-order valence-corrected chi connectivity index (χ2v) is 3.19. The molecule has 1 heteroatoms. The molecule has 0 saturated carbocycles. The van der Waals surface area contributed by atoms with Crippen LogP contribution in [0, 0.1) is 6.58 Å². The maximum absolute atomic E-state index is 5.75. The van der Waals surface area contributed by atoms with E-state index in [2.05, 4.69) is 12.1 Å². The quantitative estimate of drug-likeness (QED) is 0.619. The predicted molar refractivity (Wildman–Crippen MR) is 53.3 cm³/mol. The van der Waals surface area contributed by atoms with Crippen molar-refractivity contribution in [2.24, 2.45) is 0 Å². The van der Waals surface area contributed by atoms with Gasteiger partial charge in [-0.15, -0.1) is 0 Å². The van der Waals surface area contributed by atoms with Gasteiger partial charge >= 0.3 is 0 Å². The topological polar surface area (TPSA) is 0 Å². The molecule has 1 aromatic rings. The molecule has 0 aliphatic carbocycles. The van der Waals surface area contributed by atoms with Gasteiger partial charge in [0.05, 0.1) is 0 Å². The van der Waals surface area contributed by atoms with Crippen molar-refractivity contribution in [3.05, 3.63) is 47.5 Å². The Bertz CT molecular complexity index is 236. The molecule has 0 saturated heterocycles. The largest absolute Gasteiger partial charge is 0.0845 e. The number of halogens is 1. The fourth-order valence-corrected chi connectivity index (χ4v) is 1.20. The molecule has 1 rings (SSSR count). The van der Waals surface area contributed by atoms with Gasteiger partial charge in [-0.25, -0.2) is 0 Å². The first kappa shape index (κ1) is 9.34. The molecule has 1 radical (unpaired) electrons. The molecule has 0 atom stereocenters. The second-order valence-electron chi connectivity index (χ2n) is 2.75. The van der Waals surface area contributed by atoms with Crippen molar-refractivity contribution in [2.75, 3.05) is 0 Å². The van der Waals surface area contributed by atoms with E-state index in [1.807, 2.05) is 12.1 Å². The Kier molecular flexibility index (Phi) is 3.89. The van der Waals surface area contributed by atoms with Crippen LogP contribution in [0.2, 0.25) is 5.02 Å². The van der Waals surface area contributed by atoms with Gasteiger partial charge in [0.1, 0.15) is 0 Å². The van der Waals surface area contributed by atoms with E-state index in [1.54, 1.807) is 6.08 Å². The molecule has 0 amide bonds. The minimum atomic E-state index is 0.795. The first-order chi connectivity index (χ1) is 5.83.